The van der Waals surface area contributed by atoms with Crippen molar-refractivity contribution in [2.75, 3.05) is 0 Å². The molecule has 1 heterocycles. The third kappa shape index (κ3) is 5.02. The number of carbonyl (C=O) groups excluding carboxylic acids is 1. The summed E-state index contributed by atoms with van der Waals surface area (Å²) < 4.78 is 5.82. The highest BCUT2D eigenvalue weighted by Gasteiger charge is 2.32. The molecule has 0 saturated carbocycles. The van der Waals surface area contributed by atoms with E-state index in [0.29, 0.717) is 17.5 Å². The number of phenolic OH excluding ortho intramolecular Hbond substituents is 4. The van der Waals surface area contributed by atoms with Crippen LogP contribution < -0.4 is 4.74 Å². The third-order valence-corrected chi connectivity index (χ3v) is 5.37. The molecular formula is C25H28O6. The zero-order valence-corrected chi connectivity index (χ0v) is 18.0. The molecule has 3 rings (SSSR count). The van der Waals surface area contributed by atoms with Crippen LogP contribution in [0.4, 0.5) is 0 Å². The topological polar surface area (TPSA) is 107 Å². The minimum atomic E-state index is -0.803. The van der Waals surface area contributed by atoms with Crippen molar-refractivity contribution in [3.8, 4) is 28.7 Å². The van der Waals surface area contributed by atoms with E-state index in [4.69, 9.17) is 4.74 Å². The van der Waals surface area contributed by atoms with E-state index in [9.17, 15) is 25.2 Å². The van der Waals surface area contributed by atoms with Crippen LogP contribution in [-0.2, 0) is 6.42 Å². The molecule has 0 spiro atoms. The fraction of sp³-hybridized carbons (Fsp3) is 0.320. The molecule has 0 fully saturated rings. The lowest BCUT2D eigenvalue weighted by atomic mass is 9.93. The molecule has 4 N–H and O–H groups in total. The number of aromatic hydroxyl groups is 4. The summed E-state index contributed by atoms with van der Waals surface area (Å²) in [5, 5.41) is 40.8. The smallest absolute Gasteiger partial charge is 0.174 e. The van der Waals surface area contributed by atoms with Crippen LogP contribution in [0.15, 0.2) is 47.6 Å². The Kier molecular flexibility index (Phi) is 6.59. The number of rotatable bonds is 6. The average molecular weight is 424 g/mol. The summed E-state index contributed by atoms with van der Waals surface area (Å²) in [5.74, 6) is -1.03. The van der Waals surface area contributed by atoms with Crippen LogP contribution in [-0.4, -0.2) is 26.2 Å². The molecule has 164 valence electrons. The van der Waals surface area contributed by atoms with Gasteiger partial charge in [-0.05, 0) is 52.2 Å². The van der Waals surface area contributed by atoms with Crippen LogP contribution >= 0.6 is 0 Å². The van der Waals surface area contributed by atoms with Crippen molar-refractivity contribution in [2.45, 2.75) is 52.6 Å². The summed E-state index contributed by atoms with van der Waals surface area (Å²) in [6.45, 7) is 6.12. The molecule has 6 heteroatoms. The lowest BCUT2D eigenvalue weighted by Crippen LogP contribution is -2.20. The van der Waals surface area contributed by atoms with E-state index < -0.39 is 6.10 Å². The van der Waals surface area contributed by atoms with Crippen LogP contribution in [0.5, 0.6) is 28.7 Å². The van der Waals surface area contributed by atoms with Crippen molar-refractivity contribution in [3.63, 3.8) is 0 Å². The Labute approximate surface area is 181 Å². The zero-order valence-electron chi connectivity index (χ0n) is 18.0. The monoisotopic (exact) mass is 424 g/mol. The van der Waals surface area contributed by atoms with Crippen molar-refractivity contribution in [1.29, 1.82) is 0 Å². The number of ketones is 1. The maximum atomic E-state index is 12.6. The van der Waals surface area contributed by atoms with Gasteiger partial charge in [-0.3, -0.25) is 4.79 Å². The second kappa shape index (κ2) is 9.16. The van der Waals surface area contributed by atoms with Gasteiger partial charge in [0, 0.05) is 23.3 Å². The van der Waals surface area contributed by atoms with Crippen molar-refractivity contribution < 1.29 is 30.0 Å². The number of hydrogen-bond acceptors (Lipinski definition) is 6. The van der Waals surface area contributed by atoms with E-state index in [1.54, 1.807) is 0 Å². The summed E-state index contributed by atoms with van der Waals surface area (Å²) >= 11 is 0. The molecule has 0 amide bonds. The molecule has 1 aliphatic rings. The number of phenols is 4. The van der Waals surface area contributed by atoms with Gasteiger partial charge in [-0.2, -0.15) is 0 Å². The molecule has 0 saturated heterocycles. The fourth-order valence-electron chi connectivity index (χ4n) is 3.67. The summed E-state index contributed by atoms with van der Waals surface area (Å²) in [6, 6.07) is 5.34. The van der Waals surface area contributed by atoms with E-state index in [2.05, 4.69) is 19.9 Å². The van der Waals surface area contributed by atoms with Gasteiger partial charge < -0.3 is 25.2 Å². The van der Waals surface area contributed by atoms with Crippen molar-refractivity contribution >= 4 is 5.78 Å². The Balaban J connectivity index is 1.85. The highest BCUT2D eigenvalue weighted by molar-refractivity contribution is 6.02. The number of allylic oxidation sites excluding steroid dienone is 4. The molecule has 1 aliphatic heterocycles. The minimum absolute atomic E-state index is 0.0162. The third-order valence-electron chi connectivity index (χ3n) is 5.37. The van der Waals surface area contributed by atoms with Crippen LogP contribution in [0.25, 0.3) is 0 Å². The quantitative estimate of drug-likeness (QED) is 0.459. The molecule has 2 aromatic carbocycles. The Hall–Kier alpha value is -3.41. The molecule has 0 aromatic heterocycles. The van der Waals surface area contributed by atoms with Gasteiger partial charge >= 0.3 is 0 Å². The fourth-order valence-corrected chi connectivity index (χ4v) is 3.67. The molecule has 0 radical (unpaired) electrons. The first-order valence-electron chi connectivity index (χ1n) is 10.3. The minimum Gasteiger partial charge on any atom is -0.508 e. The van der Waals surface area contributed by atoms with Gasteiger partial charge in [0.1, 0.15) is 40.4 Å². The van der Waals surface area contributed by atoms with Gasteiger partial charge in [-0.25, -0.2) is 0 Å². The van der Waals surface area contributed by atoms with Crippen molar-refractivity contribution in [3.05, 3.63) is 64.3 Å². The molecule has 0 unspecified atom stereocenters. The maximum absolute atomic E-state index is 12.6. The van der Waals surface area contributed by atoms with Crippen LogP contribution in [0.1, 0.15) is 67.6 Å². The number of ether oxygens (including phenoxy) is 1. The Morgan fingerprint density at radius 1 is 1.06 bits per heavy atom. The molecule has 2 aromatic rings. The first kappa shape index (κ1) is 22.3. The summed E-state index contributed by atoms with van der Waals surface area (Å²) in [5.41, 5.74) is 3.15. The highest BCUT2D eigenvalue weighted by atomic mass is 16.5. The van der Waals surface area contributed by atoms with E-state index in [0.717, 1.165) is 24.5 Å². The molecule has 0 bridgehead atoms. The molecular weight excluding hydrogens is 396 g/mol. The van der Waals surface area contributed by atoms with E-state index in [1.165, 1.54) is 23.8 Å². The lowest BCUT2D eigenvalue weighted by Gasteiger charge is -2.27. The van der Waals surface area contributed by atoms with E-state index in [-0.39, 0.29) is 46.5 Å². The Morgan fingerprint density at radius 2 is 1.81 bits per heavy atom. The summed E-state index contributed by atoms with van der Waals surface area (Å²) in [7, 11) is 0. The molecule has 6 nitrogen and oxygen atoms in total. The standard InChI is InChI=1S/C25H28O6/c1-14(2)5-4-6-15(3)7-8-17-19(27)10-9-18(25(17)30)22-13-21(29)24-20(28)11-16(26)12-23(24)31-22/h5,7,9-12,22,26-28,30H,4,6,8,13H2,1-3H3/b15-7+/t22-/m1/s1. The second-order valence-electron chi connectivity index (χ2n) is 8.15. The van der Waals surface area contributed by atoms with Gasteiger partial charge in [0.05, 0.1) is 6.42 Å². The number of benzene rings is 2. The largest absolute Gasteiger partial charge is 0.508 e. The van der Waals surface area contributed by atoms with Gasteiger partial charge in [-0.15, -0.1) is 0 Å². The van der Waals surface area contributed by atoms with Crippen molar-refractivity contribution in [2.24, 2.45) is 0 Å². The van der Waals surface area contributed by atoms with Crippen LogP contribution in [0.2, 0.25) is 0 Å². The summed E-state index contributed by atoms with van der Waals surface area (Å²) in [6.07, 6.45) is 5.40. The number of carbonyl (C=O) groups is 1. The maximum Gasteiger partial charge on any atom is 0.174 e. The Morgan fingerprint density at radius 3 is 2.52 bits per heavy atom. The van der Waals surface area contributed by atoms with Gasteiger partial charge in [0.2, 0.25) is 0 Å². The molecule has 1 atom stereocenters. The zero-order chi connectivity index (χ0) is 22.7. The molecule has 0 aliphatic carbocycles. The van der Waals surface area contributed by atoms with Crippen LogP contribution in [0.3, 0.4) is 0 Å². The summed E-state index contributed by atoms with van der Waals surface area (Å²) in [4.78, 5) is 12.6. The van der Waals surface area contributed by atoms with Gasteiger partial charge in [-0.1, -0.05) is 23.3 Å². The van der Waals surface area contributed by atoms with Crippen molar-refractivity contribution in [1.82, 2.24) is 0 Å². The number of fused-ring (bicyclic) bond motifs is 1. The second-order valence-corrected chi connectivity index (χ2v) is 8.15. The van der Waals surface area contributed by atoms with Gasteiger partial charge in [0.15, 0.2) is 5.78 Å². The average Bonchev–Trinajstić information content (AvgIpc) is 2.66. The predicted octanol–water partition coefficient (Wildman–Crippen LogP) is 5.45. The first-order valence-corrected chi connectivity index (χ1v) is 10.3. The first-order chi connectivity index (χ1) is 14.7. The lowest BCUT2D eigenvalue weighted by molar-refractivity contribution is 0.0842. The number of hydrogen-bond donors (Lipinski definition) is 4. The van der Waals surface area contributed by atoms with E-state index >= 15 is 0 Å². The predicted molar refractivity (Wildman–Crippen MR) is 118 cm³/mol. The van der Waals surface area contributed by atoms with E-state index in [1.807, 2.05) is 13.0 Å². The van der Waals surface area contributed by atoms with Gasteiger partial charge in [0.25, 0.3) is 0 Å². The highest BCUT2D eigenvalue weighted by Crippen LogP contribution is 2.44. The molecule has 31 heavy (non-hydrogen) atoms. The Bertz CT molecular complexity index is 1060. The normalized spacial score (nSPS) is 15.9. The SMILES string of the molecule is CC(C)=CCC/C(C)=C/Cc1c(O)ccc([C@H]2CC(=O)c3c(O)cc(O)cc3O2)c1O. The van der Waals surface area contributed by atoms with Crippen LogP contribution in [0, 0.1) is 0 Å². The number of Topliss-reactive ketones (excluding diaryl/α,β-unsaturated/α-hetero) is 1.